The van der Waals surface area contributed by atoms with Gasteiger partial charge in [0, 0.05) is 18.5 Å². The van der Waals surface area contributed by atoms with Crippen LogP contribution in [0.15, 0.2) is 24.3 Å². The molecule has 0 aliphatic heterocycles. The zero-order valence-electron chi connectivity index (χ0n) is 11.9. The highest BCUT2D eigenvalue weighted by Gasteiger charge is 2.19. The number of nitrogens with one attached hydrogen (secondary N) is 1. The molecule has 0 aromatic heterocycles. The Balaban J connectivity index is 2.47. The number of nitrogens with two attached hydrogens (primary N) is 1. The van der Waals surface area contributed by atoms with Crippen molar-refractivity contribution in [2.75, 3.05) is 6.54 Å². The van der Waals surface area contributed by atoms with Crippen LogP contribution in [0, 0.1) is 11.7 Å². The van der Waals surface area contributed by atoms with Crippen LogP contribution in [0.5, 0.6) is 0 Å². The van der Waals surface area contributed by atoms with E-state index < -0.39 is 0 Å². The van der Waals surface area contributed by atoms with E-state index in [2.05, 4.69) is 5.32 Å². The maximum absolute atomic E-state index is 13.1. The number of benzene rings is 1. The summed E-state index contributed by atoms with van der Waals surface area (Å²) in [5.74, 6) is -0.0897. The Morgan fingerprint density at radius 2 is 2.16 bits per heavy atom. The normalized spacial score (nSPS) is 13.1. The molecule has 0 heterocycles. The Kier molecular flexibility index (Phi) is 5.48. The summed E-state index contributed by atoms with van der Waals surface area (Å²) in [6.07, 6.45) is 1.11. The Morgan fingerprint density at radius 1 is 1.47 bits per heavy atom. The SMILES string of the molecule is CC(CC(=O)NC(C)(C)CN)Cc1cccc(F)c1. The van der Waals surface area contributed by atoms with Crippen molar-refractivity contribution in [2.24, 2.45) is 11.7 Å². The van der Waals surface area contributed by atoms with Crippen molar-refractivity contribution >= 4 is 5.91 Å². The summed E-state index contributed by atoms with van der Waals surface area (Å²) in [6.45, 7) is 6.17. The maximum atomic E-state index is 13.1. The largest absolute Gasteiger partial charge is 0.350 e. The van der Waals surface area contributed by atoms with Gasteiger partial charge in [0.05, 0.1) is 0 Å². The lowest BCUT2D eigenvalue weighted by molar-refractivity contribution is -0.123. The van der Waals surface area contributed by atoms with Crippen LogP contribution in [0.1, 0.15) is 32.8 Å². The molecule has 0 bridgehead atoms. The standard InChI is InChI=1S/C15H23FN2O/c1-11(7-12-5-4-6-13(16)9-12)8-14(19)18-15(2,3)10-17/h4-6,9,11H,7-8,10,17H2,1-3H3,(H,18,19). The lowest BCUT2D eigenvalue weighted by atomic mass is 9.97. The van der Waals surface area contributed by atoms with Crippen LogP contribution >= 0.6 is 0 Å². The molecule has 1 aromatic rings. The second-order valence-electron chi connectivity index (χ2n) is 5.78. The lowest BCUT2D eigenvalue weighted by Crippen LogP contribution is -2.49. The van der Waals surface area contributed by atoms with Crippen LogP contribution in [0.3, 0.4) is 0 Å². The third kappa shape index (κ3) is 5.83. The Labute approximate surface area is 114 Å². The average molecular weight is 266 g/mol. The van der Waals surface area contributed by atoms with Crippen molar-refractivity contribution in [3.63, 3.8) is 0 Å². The highest BCUT2D eigenvalue weighted by molar-refractivity contribution is 5.77. The fourth-order valence-corrected chi connectivity index (χ4v) is 1.93. The third-order valence-corrected chi connectivity index (χ3v) is 3.00. The first kappa shape index (κ1) is 15.6. The van der Waals surface area contributed by atoms with E-state index in [1.807, 2.05) is 26.8 Å². The molecule has 1 atom stereocenters. The van der Waals surface area contributed by atoms with Gasteiger partial charge in [-0.2, -0.15) is 0 Å². The molecule has 0 radical (unpaired) electrons. The summed E-state index contributed by atoms with van der Waals surface area (Å²) >= 11 is 0. The zero-order valence-corrected chi connectivity index (χ0v) is 11.9. The van der Waals surface area contributed by atoms with Gasteiger partial charge in [0.2, 0.25) is 5.91 Å². The summed E-state index contributed by atoms with van der Waals surface area (Å²) in [5.41, 5.74) is 6.11. The second-order valence-corrected chi connectivity index (χ2v) is 5.78. The molecule has 4 heteroatoms. The van der Waals surface area contributed by atoms with E-state index in [0.29, 0.717) is 19.4 Å². The molecule has 1 amide bonds. The van der Waals surface area contributed by atoms with Crippen molar-refractivity contribution in [2.45, 2.75) is 39.2 Å². The van der Waals surface area contributed by atoms with Gasteiger partial charge in [0.15, 0.2) is 0 Å². The van der Waals surface area contributed by atoms with Crippen molar-refractivity contribution < 1.29 is 9.18 Å². The highest BCUT2D eigenvalue weighted by atomic mass is 19.1. The molecule has 3 N–H and O–H groups in total. The topological polar surface area (TPSA) is 55.1 Å². The molecule has 1 aromatic carbocycles. The molecule has 0 aliphatic carbocycles. The van der Waals surface area contributed by atoms with E-state index in [1.54, 1.807) is 6.07 Å². The summed E-state index contributed by atoms with van der Waals surface area (Å²) < 4.78 is 13.1. The summed E-state index contributed by atoms with van der Waals surface area (Å²) in [4.78, 5) is 11.8. The van der Waals surface area contributed by atoms with Gasteiger partial charge in [0.25, 0.3) is 0 Å². The first-order chi connectivity index (χ1) is 8.82. The lowest BCUT2D eigenvalue weighted by Gasteiger charge is -2.25. The minimum absolute atomic E-state index is 0.0145. The predicted octanol–water partition coefficient (Wildman–Crippen LogP) is 2.25. The van der Waals surface area contributed by atoms with Crippen LogP contribution in [-0.4, -0.2) is 18.0 Å². The van der Waals surface area contributed by atoms with Gasteiger partial charge in [-0.3, -0.25) is 4.79 Å². The molecule has 3 nitrogen and oxygen atoms in total. The van der Waals surface area contributed by atoms with E-state index in [4.69, 9.17) is 5.73 Å². The number of rotatable bonds is 6. The van der Waals surface area contributed by atoms with Gasteiger partial charge in [-0.25, -0.2) is 4.39 Å². The molecular formula is C15H23FN2O. The molecule has 0 saturated heterocycles. The summed E-state index contributed by atoms with van der Waals surface area (Å²) in [7, 11) is 0. The third-order valence-electron chi connectivity index (χ3n) is 3.00. The van der Waals surface area contributed by atoms with Gasteiger partial charge < -0.3 is 11.1 Å². The maximum Gasteiger partial charge on any atom is 0.220 e. The molecular weight excluding hydrogens is 243 g/mol. The van der Waals surface area contributed by atoms with Gasteiger partial charge in [-0.05, 0) is 43.9 Å². The highest BCUT2D eigenvalue weighted by Crippen LogP contribution is 2.13. The van der Waals surface area contributed by atoms with Gasteiger partial charge >= 0.3 is 0 Å². The molecule has 19 heavy (non-hydrogen) atoms. The van der Waals surface area contributed by atoms with E-state index in [9.17, 15) is 9.18 Å². The van der Waals surface area contributed by atoms with Gasteiger partial charge in [-0.1, -0.05) is 19.1 Å². The Hall–Kier alpha value is -1.42. The number of carbonyl (C=O) groups is 1. The minimum Gasteiger partial charge on any atom is -0.350 e. The summed E-state index contributed by atoms with van der Waals surface area (Å²) in [5, 5.41) is 2.90. The first-order valence-electron chi connectivity index (χ1n) is 6.58. The molecule has 0 spiro atoms. The van der Waals surface area contributed by atoms with E-state index in [0.717, 1.165) is 5.56 Å². The van der Waals surface area contributed by atoms with E-state index >= 15 is 0 Å². The molecule has 1 rings (SSSR count). The first-order valence-corrected chi connectivity index (χ1v) is 6.58. The summed E-state index contributed by atoms with van der Waals surface area (Å²) in [6, 6.07) is 6.50. The molecule has 0 fully saturated rings. The van der Waals surface area contributed by atoms with Gasteiger partial charge in [-0.15, -0.1) is 0 Å². The van der Waals surface area contributed by atoms with Crippen LogP contribution in [0.2, 0.25) is 0 Å². The molecule has 0 aliphatic rings. The van der Waals surface area contributed by atoms with Crippen LogP contribution < -0.4 is 11.1 Å². The molecule has 1 unspecified atom stereocenters. The quantitative estimate of drug-likeness (QED) is 0.829. The second kappa shape index (κ2) is 6.66. The van der Waals surface area contributed by atoms with E-state index in [1.165, 1.54) is 12.1 Å². The number of hydrogen-bond donors (Lipinski definition) is 2. The van der Waals surface area contributed by atoms with Crippen LogP contribution in [0.4, 0.5) is 4.39 Å². The zero-order chi connectivity index (χ0) is 14.5. The minimum atomic E-state index is -0.379. The van der Waals surface area contributed by atoms with Crippen molar-refractivity contribution in [3.05, 3.63) is 35.6 Å². The van der Waals surface area contributed by atoms with Crippen molar-refractivity contribution in [1.29, 1.82) is 0 Å². The number of hydrogen-bond acceptors (Lipinski definition) is 2. The van der Waals surface area contributed by atoms with Crippen molar-refractivity contribution in [3.8, 4) is 0 Å². The van der Waals surface area contributed by atoms with Crippen molar-refractivity contribution in [1.82, 2.24) is 5.32 Å². The number of halogens is 1. The Morgan fingerprint density at radius 3 is 2.74 bits per heavy atom. The fraction of sp³-hybridized carbons (Fsp3) is 0.533. The van der Waals surface area contributed by atoms with Crippen LogP contribution in [0.25, 0.3) is 0 Å². The Bertz CT molecular complexity index is 432. The fourth-order valence-electron chi connectivity index (χ4n) is 1.93. The predicted molar refractivity (Wildman–Crippen MR) is 75.2 cm³/mol. The van der Waals surface area contributed by atoms with Crippen LogP contribution in [-0.2, 0) is 11.2 Å². The number of carbonyl (C=O) groups excluding carboxylic acids is 1. The smallest absolute Gasteiger partial charge is 0.220 e. The number of amides is 1. The van der Waals surface area contributed by atoms with Gasteiger partial charge in [0.1, 0.15) is 5.82 Å². The van der Waals surface area contributed by atoms with E-state index in [-0.39, 0.29) is 23.2 Å². The molecule has 0 saturated carbocycles. The molecule has 106 valence electrons. The monoisotopic (exact) mass is 266 g/mol. The average Bonchev–Trinajstić information content (AvgIpc) is 2.27.